The van der Waals surface area contributed by atoms with Crippen LogP contribution in [0.5, 0.6) is 5.88 Å². The van der Waals surface area contributed by atoms with Crippen LogP contribution in [-0.2, 0) is 23.1 Å². The number of ether oxygens (including phenoxy) is 1. The second-order valence-electron chi connectivity index (χ2n) is 12.4. The number of rotatable bonds is 8. The number of benzene rings is 2. The van der Waals surface area contributed by atoms with Gasteiger partial charge in [0.1, 0.15) is 11.9 Å². The van der Waals surface area contributed by atoms with Crippen molar-refractivity contribution in [1.29, 1.82) is 0 Å². The summed E-state index contributed by atoms with van der Waals surface area (Å²) in [6.45, 7) is 5.12. The van der Waals surface area contributed by atoms with Gasteiger partial charge in [0, 0.05) is 16.3 Å². The molecule has 0 aliphatic heterocycles. The minimum atomic E-state index is -1.00. The highest BCUT2D eigenvalue weighted by Crippen LogP contribution is 2.56. The van der Waals surface area contributed by atoms with Crippen molar-refractivity contribution < 1.29 is 14.6 Å². The zero-order chi connectivity index (χ0) is 27.9. The quantitative estimate of drug-likeness (QED) is 0.303. The average molecular weight is 560 g/mol. The van der Waals surface area contributed by atoms with Crippen molar-refractivity contribution in [3.63, 3.8) is 0 Å². The van der Waals surface area contributed by atoms with E-state index in [1.807, 2.05) is 12.1 Å². The normalized spacial score (nSPS) is 27.7. The van der Waals surface area contributed by atoms with Gasteiger partial charge in [-0.15, -0.1) is 0 Å². The summed E-state index contributed by atoms with van der Waals surface area (Å²) in [4.78, 5) is 21.6. The molecule has 1 saturated carbocycles. The van der Waals surface area contributed by atoms with Crippen LogP contribution < -0.4 is 10.1 Å². The van der Waals surface area contributed by atoms with E-state index < -0.39 is 11.5 Å². The second-order valence-corrected chi connectivity index (χ2v) is 12.8. The first-order chi connectivity index (χ1) is 19.3. The molecule has 1 spiro atoms. The van der Waals surface area contributed by atoms with Gasteiger partial charge in [0.2, 0.25) is 5.88 Å². The molecule has 210 valence electrons. The van der Waals surface area contributed by atoms with Gasteiger partial charge in [0.15, 0.2) is 0 Å². The summed E-state index contributed by atoms with van der Waals surface area (Å²) in [6.07, 6.45) is 8.59. The monoisotopic (exact) mass is 559 g/mol. The first-order valence-electron chi connectivity index (χ1n) is 14.6. The largest absolute Gasteiger partial charge is 0.480 e. The first kappa shape index (κ1) is 27.1. The predicted octanol–water partition coefficient (Wildman–Crippen LogP) is 7.20. The van der Waals surface area contributed by atoms with Crippen molar-refractivity contribution in [2.45, 2.75) is 82.1 Å². The summed E-state index contributed by atoms with van der Waals surface area (Å²) in [5.74, 6) is 1.18. The number of aliphatic carboxylic acids is 1. The van der Waals surface area contributed by atoms with Crippen molar-refractivity contribution in [2.75, 3.05) is 11.9 Å². The molecule has 2 aromatic carbocycles. The Balaban J connectivity index is 1.19. The number of halogens is 1. The van der Waals surface area contributed by atoms with E-state index in [0.717, 1.165) is 55.8 Å². The Labute approximate surface area is 241 Å². The predicted molar refractivity (Wildman–Crippen MR) is 157 cm³/mol. The Morgan fingerprint density at radius 2 is 1.95 bits per heavy atom. The maximum absolute atomic E-state index is 12.7. The molecule has 2 N–H and O–H groups in total. The lowest BCUT2D eigenvalue weighted by Crippen LogP contribution is -2.53. The van der Waals surface area contributed by atoms with Gasteiger partial charge >= 0.3 is 5.97 Å². The molecular formula is C33H38ClN3O3. The summed E-state index contributed by atoms with van der Waals surface area (Å²) in [5, 5.41) is 14.4. The Kier molecular flexibility index (Phi) is 7.24. The lowest BCUT2D eigenvalue weighted by atomic mass is 9.59. The first-order valence-corrected chi connectivity index (χ1v) is 15.0. The summed E-state index contributed by atoms with van der Waals surface area (Å²) in [7, 11) is 0. The van der Waals surface area contributed by atoms with Crippen LogP contribution in [0, 0.1) is 11.8 Å². The van der Waals surface area contributed by atoms with Crippen molar-refractivity contribution in [1.82, 2.24) is 9.97 Å². The number of nitrogens with zero attached hydrogens (tertiary/aromatic N) is 2. The van der Waals surface area contributed by atoms with Crippen LogP contribution in [0.1, 0.15) is 80.7 Å². The maximum Gasteiger partial charge on any atom is 0.329 e. The summed E-state index contributed by atoms with van der Waals surface area (Å²) in [6, 6.07) is 16.2. The molecule has 0 bridgehead atoms. The standard InChI is InChI=1S/C33H38ClN3O3/c1-21(19-40-30-29-22(2)10-11-28(29)35-20-36-30)16-24-17-23-6-3-4-9-27(23)32(24)12-14-33(15-13-32,31(38)39)37-26-8-5-7-25(34)18-26/h3-9,18,20-22,24,37H,10-17,19H2,1-2H3,(H,38,39)/t21-,22-,24?,32?,33?/m1/s1. The number of carboxylic acids is 1. The molecule has 3 aliphatic rings. The van der Waals surface area contributed by atoms with E-state index in [-0.39, 0.29) is 5.41 Å². The van der Waals surface area contributed by atoms with Crippen LogP contribution in [-0.4, -0.2) is 33.2 Å². The molecule has 6 rings (SSSR count). The fraction of sp³-hybridized carbons (Fsp3) is 0.485. The number of carbonyl (C=O) groups is 1. The van der Waals surface area contributed by atoms with Crippen LogP contribution in [0.15, 0.2) is 54.9 Å². The highest BCUT2D eigenvalue weighted by molar-refractivity contribution is 6.30. The van der Waals surface area contributed by atoms with E-state index in [4.69, 9.17) is 16.3 Å². The summed E-state index contributed by atoms with van der Waals surface area (Å²) < 4.78 is 6.34. The smallest absolute Gasteiger partial charge is 0.329 e. The zero-order valence-electron chi connectivity index (χ0n) is 23.3. The number of hydrogen-bond acceptors (Lipinski definition) is 5. The zero-order valence-corrected chi connectivity index (χ0v) is 24.1. The molecule has 0 saturated heterocycles. The fourth-order valence-electron chi connectivity index (χ4n) is 7.70. The van der Waals surface area contributed by atoms with Gasteiger partial charge in [-0.2, -0.15) is 0 Å². The lowest BCUT2D eigenvalue weighted by Gasteiger charge is -2.47. The molecule has 3 aromatic rings. The highest BCUT2D eigenvalue weighted by Gasteiger charge is 2.54. The van der Waals surface area contributed by atoms with Gasteiger partial charge in [-0.25, -0.2) is 14.8 Å². The van der Waals surface area contributed by atoms with Crippen molar-refractivity contribution in [3.05, 3.63) is 82.3 Å². The van der Waals surface area contributed by atoms with Crippen molar-refractivity contribution in [2.24, 2.45) is 11.8 Å². The van der Waals surface area contributed by atoms with Crippen LogP contribution in [0.25, 0.3) is 0 Å². The maximum atomic E-state index is 12.7. The third-order valence-corrected chi connectivity index (χ3v) is 10.1. The average Bonchev–Trinajstić information content (AvgIpc) is 3.47. The summed E-state index contributed by atoms with van der Waals surface area (Å²) >= 11 is 6.20. The van der Waals surface area contributed by atoms with Crippen LogP contribution in [0.3, 0.4) is 0 Å². The van der Waals surface area contributed by atoms with Crippen LogP contribution >= 0.6 is 11.6 Å². The number of anilines is 1. The van der Waals surface area contributed by atoms with Crippen molar-refractivity contribution >= 4 is 23.3 Å². The van der Waals surface area contributed by atoms with E-state index in [1.54, 1.807) is 18.5 Å². The SMILES string of the molecule is C[C@@H](COc1ncnc2c1[C@H](C)CC2)CC1Cc2ccccc2C12CCC(Nc1cccc(Cl)c1)(C(=O)O)CC2. The number of aryl methyl sites for hydroxylation is 1. The number of aromatic nitrogens is 2. The van der Waals surface area contributed by atoms with Crippen LogP contribution in [0.2, 0.25) is 5.02 Å². The molecular weight excluding hydrogens is 522 g/mol. The van der Waals surface area contributed by atoms with E-state index in [1.165, 1.54) is 16.7 Å². The topological polar surface area (TPSA) is 84.3 Å². The Hall–Kier alpha value is -3.12. The molecule has 1 aromatic heterocycles. The lowest BCUT2D eigenvalue weighted by molar-refractivity contribution is -0.144. The molecule has 1 heterocycles. The Bertz CT molecular complexity index is 1400. The molecule has 0 radical (unpaired) electrons. The molecule has 0 amide bonds. The summed E-state index contributed by atoms with van der Waals surface area (Å²) in [5.41, 5.74) is 4.87. The number of hydrogen-bond donors (Lipinski definition) is 2. The van der Waals surface area contributed by atoms with Crippen molar-refractivity contribution in [3.8, 4) is 5.88 Å². The van der Waals surface area contributed by atoms with E-state index in [0.29, 0.717) is 42.2 Å². The molecule has 1 fully saturated rings. The number of fused-ring (bicyclic) bond motifs is 3. The van der Waals surface area contributed by atoms with Gasteiger partial charge in [0.05, 0.1) is 12.3 Å². The third-order valence-electron chi connectivity index (χ3n) is 9.84. The van der Waals surface area contributed by atoms with Gasteiger partial charge < -0.3 is 15.2 Å². The molecule has 3 aliphatic carbocycles. The Morgan fingerprint density at radius 1 is 1.15 bits per heavy atom. The van der Waals surface area contributed by atoms with E-state index in [9.17, 15) is 9.90 Å². The van der Waals surface area contributed by atoms with E-state index in [2.05, 4.69) is 53.4 Å². The third kappa shape index (κ3) is 4.85. The molecule has 40 heavy (non-hydrogen) atoms. The fourth-order valence-corrected chi connectivity index (χ4v) is 7.89. The van der Waals surface area contributed by atoms with Gasteiger partial charge in [-0.1, -0.05) is 55.8 Å². The molecule has 6 nitrogen and oxygen atoms in total. The molecule has 1 unspecified atom stereocenters. The number of carboxylic acid groups (broad SMARTS) is 1. The van der Waals surface area contributed by atoms with E-state index >= 15 is 0 Å². The highest BCUT2D eigenvalue weighted by atomic mass is 35.5. The minimum Gasteiger partial charge on any atom is -0.480 e. The minimum absolute atomic E-state index is 0.0233. The van der Waals surface area contributed by atoms with Gasteiger partial charge in [0.25, 0.3) is 0 Å². The van der Waals surface area contributed by atoms with Crippen LogP contribution in [0.4, 0.5) is 5.69 Å². The molecule has 3 atom stereocenters. The van der Waals surface area contributed by atoms with Gasteiger partial charge in [-0.3, -0.25) is 0 Å². The number of nitrogens with one attached hydrogen (secondary N) is 1. The Morgan fingerprint density at radius 3 is 2.73 bits per heavy atom. The van der Waals surface area contributed by atoms with Gasteiger partial charge in [-0.05, 0) is 104 Å². The molecule has 7 heteroatoms. The second kappa shape index (κ2) is 10.7.